The van der Waals surface area contributed by atoms with Crippen LogP contribution < -0.4 is 15.2 Å². The molecule has 0 aliphatic carbocycles. The maximum atomic E-state index is 8.63. The van der Waals surface area contributed by atoms with E-state index in [4.69, 9.17) is 20.3 Å². The second kappa shape index (κ2) is 6.27. The molecule has 0 atom stereocenters. The predicted molar refractivity (Wildman–Crippen MR) is 58.1 cm³/mol. The van der Waals surface area contributed by atoms with E-state index in [0.717, 1.165) is 17.1 Å². The molecule has 84 valence electrons. The lowest BCUT2D eigenvalue weighted by Crippen LogP contribution is -2.05. The number of aliphatic hydroxyl groups excluding tert-OH is 1. The Labute approximate surface area is 89.6 Å². The summed E-state index contributed by atoms with van der Waals surface area (Å²) in [5, 5.41) is 8.63. The van der Waals surface area contributed by atoms with Gasteiger partial charge in [0.15, 0.2) is 0 Å². The third-order valence-electron chi connectivity index (χ3n) is 2.05. The largest absolute Gasteiger partial charge is 0.497 e. The Hall–Kier alpha value is -1.26. The number of aliphatic hydroxyl groups is 1. The van der Waals surface area contributed by atoms with Gasteiger partial charge in [0, 0.05) is 25.1 Å². The number of ether oxygens (including phenoxy) is 2. The van der Waals surface area contributed by atoms with Crippen LogP contribution in [0.5, 0.6) is 11.5 Å². The zero-order chi connectivity index (χ0) is 11.1. The fourth-order valence-corrected chi connectivity index (χ4v) is 1.23. The Bertz CT molecular complexity index is 302. The molecular formula is C11H17NO3. The molecule has 0 aromatic heterocycles. The second-order valence-corrected chi connectivity index (χ2v) is 3.10. The maximum Gasteiger partial charge on any atom is 0.124 e. The van der Waals surface area contributed by atoms with Gasteiger partial charge in [-0.25, -0.2) is 0 Å². The third kappa shape index (κ3) is 3.42. The zero-order valence-electron chi connectivity index (χ0n) is 8.90. The maximum absolute atomic E-state index is 8.63. The zero-order valence-corrected chi connectivity index (χ0v) is 8.90. The topological polar surface area (TPSA) is 64.7 Å². The summed E-state index contributed by atoms with van der Waals surface area (Å²) in [5.74, 6) is 1.52. The molecule has 0 fully saturated rings. The molecule has 0 heterocycles. The number of rotatable bonds is 6. The number of nitrogens with two attached hydrogens (primary N) is 1. The Morgan fingerprint density at radius 2 is 2.20 bits per heavy atom. The molecule has 0 saturated carbocycles. The van der Waals surface area contributed by atoms with Gasteiger partial charge in [0.2, 0.25) is 0 Å². The quantitative estimate of drug-likeness (QED) is 0.687. The SMILES string of the molecule is COc1ccc(OCCCO)c(CN)c1. The highest BCUT2D eigenvalue weighted by atomic mass is 16.5. The molecule has 1 aromatic rings. The highest BCUT2D eigenvalue weighted by molar-refractivity contribution is 5.40. The first-order valence-corrected chi connectivity index (χ1v) is 4.92. The van der Waals surface area contributed by atoms with Crippen LogP contribution in [0.15, 0.2) is 18.2 Å². The molecule has 4 heteroatoms. The van der Waals surface area contributed by atoms with Crippen LogP contribution in [0.4, 0.5) is 0 Å². The van der Waals surface area contributed by atoms with E-state index in [9.17, 15) is 0 Å². The average Bonchev–Trinajstić information content (AvgIpc) is 2.29. The van der Waals surface area contributed by atoms with Gasteiger partial charge in [-0.1, -0.05) is 0 Å². The third-order valence-corrected chi connectivity index (χ3v) is 2.05. The van der Waals surface area contributed by atoms with E-state index in [1.165, 1.54) is 0 Å². The molecule has 15 heavy (non-hydrogen) atoms. The Kier molecular flexibility index (Phi) is 4.93. The summed E-state index contributed by atoms with van der Waals surface area (Å²) in [5.41, 5.74) is 6.50. The Morgan fingerprint density at radius 3 is 2.80 bits per heavy atom. The summed E-state index contributed by atoms with van der Waals surface area (Å²) in [6.07, 6.45) is 0.621. The lowest BCUT2D eigenvalue weighted by Gasteiger charge is -2.11. The van der Waals surface area contributed by atoms with E-state index in [0.29, 0.717) is 19.6 Å². The first-order valence-electron chi connectivity index (χ1n) is 4.92. The van der Waals surface area contributed by atoms with Crippen LogP contribution in [0.25, 0.3) is 0 Å². The van der Waals surface area contributed by atoms with Gasteiger partial charge in [-0.3, -0.25) is 0 Å². The van der Waals surface area contributed by atoms with Gasteiger partial charge in [-0.05, 0) is 18.2 Å². The molecule has 0 spiro atoms. The predicted octanol–water partition coefficient (Wildman–Crippen LogP) is 0.915. The smallest absolute Gasteiger partial charge is 0.124 e. The summed E-state index contributed by atoms with van der Waals surface area (Å²) >= 11 is 0. The summed E-state index contributed by atoms with van der Waals surface area (Å²) in [4.78, 5) is 0. The minimum Gasteiger partial charge on any atom is -0.497 e. The van der Waals surface area contributed by atoms with Crippen molar-refractivity contribution in [2.75, 3.05) is 20.3 Å². The number of hydrogen-bond acceptors (Lipinski definition) is 4. The van der Waals surface area contributed by atoms with Crippen molar-refractivity contribution in [3.63, 3.8) is 0 Å². The number of benzene rings is 1. The molecule has 0 bridgehead atoms. The van der Waals surface area contributed by atoms with Crippen molar-refractivity contribution < 1.29 is 14.6 Å². The lowest BCUT2D eigenvalue weighted by molar-refractivity contribution is 0.232. The summed E-state index contributed by atoms with van der Waals surface area (Å²) < 4.78 is 10.6. The molecule has 1 rings (SSSR count). The molecular weight excluding hydrogens is 194 g/mol. The minimum absolute atomic E-state index is 0.133. The van der Waals surface area contributed by atoms with Crippen molar-refractivity contribution in [1.82, 2.24) is 0 Å². The monoisotopic (exact) mass is 211 g/mol. The van der Waals surface area contributed by atoms with Crippen LogP contribution in [0.3, 0.4) is 0 Å². The van der Waals surface area contributed by atoms with E-state index in [1.807, 2.05) is 18.2 Å². The first kappa shape index (κ1) is 11.8. The summed E-state index contributed by atoms with van der Waals surface area (Å²) in [6, 6.07) is 5.51. The summed E-state index contributed by atoms with van der Waals surface area (Å²) in [6.45, 7) is 1.04. The van der Waals surface area contributed by atoms with Crippen LogP contribution >= 0.6 is 0 Å². The summed E-state index contributed by atoms with van der Waals surface area (Å²) in [7, 11) is 1.61. The van der Waals surface area contributed by atoms with Crippen molar-refractivity contribution in [1.29, 1.82) is 0 Å². The fraction of sp³-hybridized carbons (Fsp3) is 0.455. The Morgan fingerprint density at radius 1 is 1.40 bits per heavy atom. The molecule has 0 amide bonds. The van der Waals surface area contributed by atoms with Crippen LogP contribution in [-0.2, 0) is 6.54 Å². The molecule has 0 unspecified atom stereocenters. The van der Waals surface area contributed by atoms with Gasteiger partial charge in [0.1, 0.15) is 11.5 Å². The fourth-order valence-electron chi connectivity index (χ4n) is 1.23. The lowest BCUT2D eigenvalue weighted by atomic mass is 10.2. The molecule has 0 aliphatic rings. The van der Waals surface area contributed by atoms with Gasteiger partial charge in [-0.15, -0.1) is 0 Å². The van der Waals surface area contributed by atoms with E-state index < -0.39 is 0 Å². The normalized spacial score (nSPS) is 10.1. The van der Waals surface area contributed by atoms with Crippen LogP contribution in [0.2, 0.25) is 0 Å². The highest BCUT2D eigenvalue weighted by Crippen LogP contribution is 2.23. The minimum atomic E-state index is 0.133. The average molecular weight is 211 g/mol. The van der Waals surface area contributed by atoms with E-state index in [-0.39, 0.29) is 6.61 Å². The first-order chi connectivity index (χ1) is 7.31. The van der Waals surface area contributed by atoms with Crippen molar-refractivity contribution in [2.45, 2.75) is 13.0 Å². The van der Waals surface area contributed by atoms with Crippen molar-refractivity contribution in [2.24, 2.45) is 5.73 Å². The number of methoxy groups -OCH3 is 1. The second-order valence-electron chi connectivity index (χ2n) is 3.10. The highest BCUT2D eigenvalue weighted by Gasteiger charge is 2.03. The van der Waals surface area contributed by atoms with Crippen molar-refractivity contribution in [3.05, 3.63) is 23.8 Å². The van der Waals surface area contributed by atoms with E-state index in [2.05, 4.69) is 0 Å². The van der Waals surface area contributed by atoms with E-state index >= 15 is 0 Å². The van der Waals surface area contributed by atoms with Crippen LogP contribution in [0.1, 0.15) is 12.0 Å². The van der Waals surface area contributed by atoms with Gasteiger partial charge < -0.3 is 20.3 Å². The molecule has 0 radical (unpaired) electrons. The Balaban J connectivity index is 2.69. The molecule has 0 aliphatic heterocycles. The van der Waals surface area contributed by atoms with Gasteiger partial charge in [-0.2, -0.15) is 0 Å². The van der Waals surface area contributed by atoms with Crippen molar-refractivity contribution >= 4 is 0 Å². The number of hydrogen-bond donors (Lipinski definition) is 2. The van der Waals surface area contributed by atoms with Gasteiger partial charge in [0.25, 0.3) is 0 Å². The standard InChI is InChI=1S/C11H17NO3/c1-14-10-3-4-11(9(7-10)8-12)15-6-2-5-13/h3-4,7,13H,2,5-6,8,12H2,1H3. The van der Waals surface area contributed by atoms with Gasteiger partial charge >= 0.3 is 0 Å². The van der Waals surface area contributed by atoms with Gasteiger partial charge in [0.05, 0.1) is 13.7 Å². The molecule has 4 nitrogen and oxygen atoms in total. The van der Waals surface area contributed by atoms with E-state index in [1.54, 1.807) is 7.11 Å². The van der Waals surface area contributed by atoms with Crippen molar-refractivity contribution in [3.8, 4) is 11.5 Å². The molecule has 1 aromatic carbocycles. The van der Waals surface area contributed by atoms with Crippen LogP contribution in [0, 0.1) is 0 Å². The molecule has 3 N–H and O–H groups in total. The van der Waals surface area contributed by atoms with Crippen LogP contribution in [-0.4, -0.2) is 25.4 Å². The molecule has 0 saturated heterocycles.